The predicted octanol–water partition coefficient (Wildman–Crippen LogP) is -0.341. The van der Waals surface area contributed by atoms with Gasteiger partial charge in [-0.15, -0.1) is 0 Å². The van der Waals surface area contributed by atoms with Crippen LogP contribution in [0.2, 0.25) is 0 Å². The Hall–Kier alpha value is -0.410. The third-order valence-electron chi connectivity index (χ3n) is 3.77. The first-order valence-corrected chi connectivity index (χ1v) is 5.69. The summed E-state index contributed by atoms with van der Waals surface area (Å²) >= 11 is 0. The number of ether oxygens (including phenoxy) is 1. The number of hydrogen-bond acceptors (Lipinski definition) is 2. The van der Waals surface area contributed by atoms with Crippen LogP contribution < -0.4 is 4.90 Å². The summed E-state index contributed by atoms with van der Waals surface area (Å²) in [7, 11) is 1.75. The number of Topliss-reactive ketones (excluding diaryl/α,β-unsaturated/α-hetero) is 1. The van der Waals surface area contributed by atoms with E-state index in [1.807, 2.05) is 0 Å². The SMILES string of the molecule is COCC[NH+]1CCC(=O)[C@H]2CCC[C@@H]21. The highest BCUT2D eigenvalue weighted by Crippen LogP contribution is 2.27. The zero-order valence-corrected chi connectivity index (χ0v) is 8.92. The Balaban J connectivity index is 1.95. The molecule has 1 aliphatic heterocycles. The molecule has 1 heterocycles. The van der Waals surface area contributed by atoms with Crippen molar-refractivity contribution in [2.75, 3.05) is 26.8 Å². The van der Waals surface area contributed by atoms with Gasteiger partial charge in [0.15, 0.2) is 0 Å². The van der Waals surface area contributed by atoms with Crippen LogP contribution in [0.1, 0.15) is 25.7 Å². The molecule has 0 aromatic rings. The van der Waals surface area contributed by atoms with Gasteiger partial charge in [-0.1, -0.05) is 0 Å². The van der Waals surface area contributed by atoms with E-state index in [1.54, 1.807) is 12.0 Å². The highest BCUT2D eigenvalue weighted by Gasteiger charge is 2.42. The molecule has 1 aliphatic carbocycles. The summed E-state index contributed by atoms with van der Waals surface area (Å²) in [5, 5.41) is 0. The van der Waals surface area contributed by atoms with Gasteiger partial charge in [-0.25, -0.2) is 0 Å². The normalized spacial score (nSPS) is 37.2. The summed E-state index contributed by atoms with van der Waals surface area (Å²) in [6, 6.07) is 0.617. The monoisotopic (exact) mass is 198 g/mol. The molecule has 3 nitrogen and oxygen atoms in total. The van der Waals surface area contributed by atoms with Crippen LogP contribution in [0.5, 0.6) is 0 Å². The fourth-order valence-electron chi connectivity index (χ4n) is 3.03. The Bertz CT molecular complexity index is 217. The fraction of sp³-hybridized carbons (Fsp3) is 0.909. The second-order valence-corrected chi connectivity index (χ2v) is 4.51. The number of carbonyl (C=O) groups excluding carboxylic acids is 1. The molecule has 14 heavy (non-hydrogen) atoms. The number of methoxy groups -OCH3 is 1. The number of fused-ring (bicyclic) bond motifs is 1. The molecule has 1 unspecified atom stereocenters. The van der Waals surface area contributed by atoms with Crippen molar-refractivity contribution in [3.8, 4) is 0 Å². The van der Waals surface area contributed by atoms with E-state index >= 15 is 0 Å². The lowest BCUT2D eigenvalue weighted by molar-refractivity contribution is -0.929. The van der Waals surface area contributed by atoms with E-state index in [2.05, 4.69) is 0 Å². The van der Waals surface area contributed by atoms with Crippen molar-refractivity contribution in [3.05, 3.63) is 0 Å². The summed E-state index contributed by atoms with van der Waals surface area (Å²) < 4.78 is 5.11. The minimum atomic E-state index is 0.385. The van der Waals surface area contributed by atoms with Crippen molar-refractivity contribution in [3.63, 3.8) is 0 Å². The lowest BCUT2D eigenvalue weighted by Crippen LogP contribution is -3.18. The number of ketones is 1. The highest BCUT2D eigenvalue weighted by molar-refractivity contribution is 5.82. The second kappa shape index (κ2) is 4.41. The first-order chi connectivity index (χ1) is 6.83. The van der Waals surface area contributed by atoms with Crippen molar-refractivity contribution in [1.82, 2.24) is 0 Å². The third kappa shape index (κ3) is 1.84. The van der Waals surface area contributed by atoms with Crippen LogP contribution in [0.15, 0.2) is 0 Å². The molecule has 1 saturated heterocycles. The number of nitrogens with one attached hydrogen (secondary N) is 1. The van der Waals surface area contributed by atoms with E-state index in [4.69, 9.17) is 4.74 Å². The Morgan fingerprint density at radius 2 is 2.36 bits per heavy atom. The predicted molar refractivity (Wildman–Crippen MR) is 53.3 cm³/mol. The van der Waals surface area contributed by atoms with Crippen LogP contribution in [0.25, 0.3) is 0 Å². The molecule has 0 aromatic carbocycles. The summed E-state index contributed by atoms with van der Waals surface area (Å²) in [6.45, 7) is 2.93. The molecule has 1 N–H and O–H groups in total. The zero-order chi connectivity index (χ0) is 9.97. The number of rotatable bonds is 3. The minimum Gasteiger partial charge on any atom is -0.379 e. The molecule has 3 heteroatoms. The lowest BCUT2D eigenvalue weighted by atomic mass is 9.91. The Labute approximate surface area is 85.4 Å². The molecule has 2 fully saturated rings. The number of piperidine rings is 1. The molecule has 2 rings (SSSR count). The molecule has 0 spiro atoms. The maximum atomic E-state index is 11.7. The van der Waals surface area contributed by atoms with E-state index < -0.39 is 0 Å². The van der Waals surface area contributed by atoms with Gasteiger partial charge in [0.1, 0.15) is 12.3 Å². The first kappa shape index (κ1) is 10.1. The Morgan fingerprint density at radius 3 is 3.14 bits per heavy atom. The molecule has 3 atom stereocenters. The number of quaternary nitrogens is 1. The van der Waals surface area contributed by atoms with Crippen LogP contribution in [0.4, 0.5) is 0 Å². The van der Waals surface area contributed by atoms with Gasteiger partial charge in [-0.2, -0.15) is 0 Å². The van der Waals surface area contributed by atoms with Gasteiger partial charge in [-0.3, -0.25) is 4.79 Å². The summed E-state index contributed by atoms with van der Waals surface area (Å²) in [4.78, 5) is 13.3. The van der Waals surface area contributed by atoms with Crippen molar-refractivity contribution < 1.29 is 14.4 Å². The van der Waals surface area contributed by atoms with Crippen LogP contribution in [-0.2, 0) is 9.53 Å². The molecule has 2 aliphatic rings. The van der Waals surface area contributed by atoms with Crippen LogP contribution in [0, 0.1) is 5.92 Å². The summed E-state index contributed by atoms with van der Waals surface area (Å²) in [6.07, 6.45) is 4.42. The van der Waals surface area contributed by atoms with Crippen molar-refractivity contribution in [2.24, 2.45) is 5.92 Å². The average molecular weight is 198 g/mol. The standard InChI is InChI=1S/C11H19NO2/c1-14-8-7-12-6-5-11(13)9-3-2-4-10(9)12/h9-10H,2-8H2,1H3/p+1/t9-,10-/m0/s1. The van der Waals surface area contributed by atoms with Gasteiger partial charge in [0.25, 0.3) is 0 Å². The Morgan fingerprint density at radius 1 is 1.50 bits per heavy atom. The maximum absolute atomic E-state index is 11.7. The van der Waals surface area contributed by atoms with Crippen molar-refractivity contribution in [2.45, 2.75) is 31.7 Å². The average Bonchev–Trinajstić information content (AvgIpc) is 2.66. The van der Waals surface area contributed by atoms with E-state index in [0.717, 1.165) is 32.5 Å². The van der Waals surface area contributed by atoms with Crippen LogP contribution in [0.3, 0.4) is 0 Å². The minimum absolute atomic E-state index is 0.385. The smallest absolute Gasteiger partial charge is 0.147 e. The topological polar surface area (TPSA) is 30.7 Å². The molecule has 0 radical (unpaired) electrons. The van der Waals surface area contributed by atoms with Crippen molar-refractivity contribution >= 4 is 5.78 Å². The van der Waals surface area contributed by atoms with Crippen LogP contribution in [-0.4, -0.2) is 38.6 Å². The lowest BCUT2D eigenvalue weighted by Gasteiger charge is -2.33. The fourth-order valence-corrected chi connectivity index (χ4v) is 3.03. The molecule has 80 valence electrons. The van der Waals surface area contributed by atoms with Gasteiger partial charge < -0.3 is 9.64 Å². The second-order valence-electron chi connectivity index (χ2n) is 4.51. The van der Waals surface area contributed by atoms with Gasteiger partial charge in [0.2, 0.25) is 0 Å². The van der Waals surface area contributed by atoms with Gasteiger partial charge in [0, 0.05) is 13.5 Å². The third-order valence-corrected chi connectivity index (χ3v) is 3.77. The molecule has 1 saturated carbocycles. The number of hydrogen-bond donors (Lipinski definition) is 1. The summed E-state index contributed by atoms with van der Waals surface area (Å²) in [5.41, 5.74) is 0. The maximum Gasteiger partial charge on any atom is 0.147 e. The van der Waals surface area contributed by atoms with Gasteiger partial charge in [-0.05, 0) is 12.8 Å². The van der Waals surface area contributed by atoms with E-state index in [1.165, 1.54) is 12.8 Å². The largest absolute Gasteiger partial charge is 0.379 e. The van der Waals surface area contributed by atoms with Gasteiger partial charge >= 0.3 is 0 Å². The molecular formula is C11H20NO2+. The summed E-state index contributed by atoms with van der Waals surface area (Å²) in [5.74, 6) is 0.907. The highest BCUT2D eigenvalue weighted by atomic mass is 16.5. The first-order valence-electron chi connectivity index (χ1n) is 5.69. The molecule has 0 bridgehead atoms. The van der Waals surface area contributed by atoms with Gasteiger partial charge in [0.05, 0.1) is 31.5 Å². The zero-order valence-electron chi connectivity index (χ0n) is 8.92. The quantitative estimate of drug-likeness (QED) is 0.672. The molecule has 0 aromatic heterocycles. The van der Waals surface area contributed by atoms with E-state index in [-0.39, 0.29) is 0 Å². The Kier molecular flexibility index (Phi) is 3.19. The van der Waals surface area contributed by atoms with E-state index in [9.17, 15) is 4.79 Å². The van der Waals surface area contributed by atoms with Crippen LogP contribution >= 0.6 is 0 Å². The number of likely N-dealkylation sites (tertiary alicyclic amines) is 1. The molecule has 0 amide bonds. The van der Waals surface area contributed by atoms with E-state index in [0.29, 0.717) is 17.7 Å². The number of carbonyl (C=O) groups is 1. The van der Waals surface area contributed by atoms with Crippen molar-refractivity contribution in [1.29, 1.82) is 0 Å². The molecular weight excluding hydrogens is 178 g/mol.